The molecule has 3 aromatic rings. The molecule has 4 heterocycles. The van der Waals surface area contributed by atoms with Gasteiger partial charge in [-0.2, -0.15) is 18.3 Å². The lowest BCUT2D eigenvalue weighted by Crippen LogP contribution is -2.59. The van der Waals surface area contributed by atoms with Gasteiger partial charge >= 0.3 is 6.18 Å². The van der Waals surface area contributed by atoms with Gasteiger partial charge in [0.05, 0.1) is 11.6 Å². The van der Waals surface area contributed by atoms with E-state index >= 15 is 0 Å². The molecule has 2 atom stereocenters. The monoisotopic (exact) mass is 469 g/mol. The second kappa shape index (κ2) is 7.85. The molecule has 0 radical (unpaired) electrons. The number of amides is 1. The highest BCUT2D eigenvalue weighted by Gasteiger charge is 2.54. The standard InChI is InChI=1S/C25H26F3N5O/c1-13-16-9-17(10-16)33(22(13)20-14(2)23(29)30-11-19(20)25(26,27)28)24(34)21-18(12-32(3)31-21)15-7-5-4-6-8-15/h4-8,11-13,16-17,22H,9-10H2,1-3H3,(H2,29,30)/t13-,16?,17?,22+/m1/s1. The lowest BCUT2D eigenvalue weighted by atomic mass is 9.62. The maximum Gasteiger partial charge on any atom is 0.418 e. The number of hydrogen-bond acceptors (Lipinski definition) is 4. The average Bonchev–Trinajstić information content (AvgIpc) is 3.15. The maximum atomic E-state index is 14.1. The minimum absolute atomic E-state index is 0.0460. The van der Waals surface area contributed by atoms with Crippen molar-refractivity contribution in [2.45, 2.75) is 44.9 Å². The van der Waals surface area contributed by atoms with E-state index in [9.17, 15) is 18.0 Å². The van der Waals surface area contributed by atoms with Crippen LogP contribution in [0.2, 0.25) is 0 Å². The van der Waals surface area contributed by atoms with Crippen LogP contribution in [0.25, 0.3) is 11.1 Å². The minimum Gasteiger partial charge on any atom is -0.383 e. The molecule has 2 bridgehead atoms. The summed E-state index contributed by atoms with van der Waals surface area (Å²) in [5.74, 6) is -0.224. The van der Waals surface area contributed by atoms with Crippen LogP contribution in [-0.2, 0) is 13.2 Å². The molecule has 1 aliphatic carbocycles. The van der Waals surface area contributed by atoms with Gasteiger partial charge in [-0.25, -0.2) is 4.98 Å². The Kier molecular flexibility index (Phi) is 5.18. The Balaban J connectivity index is 1.66. The molecular formula is C25H26F3N5O. The lowest BCUT2D eigenvalue weighted by Gasteiger charge is -2.57. The van der Waals surface area contributed by atoms with Gasteiger partial charge in [0.2, 0.25) is 0 Å². The molecule has 2 N–H and O–H groups in total. The Bertz CT molecular complexity index is 1250. The van der Waals surface area contributed by atoms with Crippen molar-refractivity contribution in [1.29, 1.82) is 0 Å². The molecule has 0 unspecified atom stereocenters. The topological polar surface area (TPSA) is 77.0 Å². The van der Waals surface area contributed by atoms with Crippen molar-refractivity contribution in [2.24, 2.45) is 18.9 Å². The Morgan fingerprint density at radius 2 is 1.85 bits per heavy atom. The van der Waals surface area contributed by atoms with Crippen LogP contribution in [0.5, 0.6) is 0 Å². The molecule has 3 aliphatic rings. The van der Waals surface area contributed by atoms with E-state index in [-0.39, 0.29) is 46.4 Å². The smallest absolute Gasteiger partial charge is 0.383 e. The number of piperidine rings is 2. The van der Waals surface area contributed by atoms with Gasteiger partial charge in [-0.1, -0.05) is 37.3 Å². The molecule has 1 aromatic carbocycles. The zero-order valence-electron chi connectivity index (χ0n) is 19.2. The van der Waals surface area contributed by atoms with E-state index in [2.05, 4.69) is 10.1 Å². The van der Waals surface area contributed by atoms with Crippen molar-refractivity contribution in [3.05, 3.63) is 65.1 Å². The van der Waals surface area contributed by atoms with Gasteiger partial charge in [0.1, 0.15) is 5.82 Å². The Hall–Kier alpha value is -3.36. The SMILES string of the molecule is Cc1c(N)ncc(C(F)(F)F)c1[C@@H]1[C@H](C)C2CC(C2)N1C(=O)c1nn(C)cc1-c1ccccc1. The van der Waals surface area contributed by atoms with Crippen LogP contribution in [-0.4, -0.2) is 31.6 Å². The molecule has 6 nitrogen and oxygen atoms in total. The molecule has 0 spiro atoms. The largest absolute Gasteiger partial charge is 0.418 e. The van der Waals surface area contributed by atoms with Crippen molar-refractivity contribution in [2.75, 3.05) is 5.73 Å². The number of aryl methyl sites for hydroxylation is 1. The fraction of sp³-hybridized carbons (Fsp3) is 0.400. The number of rotatable bonds is 3. The van der Waals surface area contributed by atoms with Gasteiger partial charge < -0.3 is 10.6 Å². The predicted molar refractivity (Wildman–Crippen MR) is 122 cm³/mol. The van der Waals surface area contributed by atoms with Crippen molar-refractivity contribution in [3.8, 4) is 11.1 Å². The van der Waals surface area contributed by atoms with Gasteiger partial charge in [-0.05, 0) is 48.3 Å². The highest BCUT2D eigenvalue weighted by Crippen LogP contribution is 2.55. The van der Waals surface area contributed by atoms with E-state index in [0.29, 0.717) is 5.56 Å². The van der Waals surface area contributed by atoms with Crippen molar-refractivity contribution in [1.82, 2.24) is 19.7 Å². The van der Waals surface area contributed by atoms with E-state index in [0.717, 1.165) is 24.6 Å². The normalized spacial score (nSPS) is 24.1. The first-order valence-corrected chi connectivity index (χ1v) is 11.3. The quantitative estimate of drug-likeness (QED) is 0.586. The number of alkyl halides is 3. The summed E-state index contributed by atoms with van der Waals surface area (Å²) in [6.45, 7) is 3.48. The predicted octanol–water partition coefficient (Wildman–Crippen LogP) is 5.00. The third kappa shape index (κ3) is 3.45. The summed E-state index contributed by atoms with van der Waals surface area (Å²) in [4.78, 5) is 19.5. The highest BCUT2D eigenvalue weighted by molar-refractivity contribution is 5.99. The average molecular weight is 470 g/mol. The van der Waals surface area contributed by atoms with Crippen LogP contribution in [0.1, 0.15) is 53.0 Å². The molecule has 6 rings (SSSR count). The Morgan fingerprint density at radius 1 is 1.18 bits per heavy atom. The van der Waals surface area contributed by atoms with E-state index in [1.807, 2.05) is 37.3 Å². The lowest BCUT2D eigenvalue weighted by molar-refractivity contribution is -0.140. The number of fused-ring (bicyclic) bond motifs is 2. The van der Waals surface area contributed by atoms with Gasteiger partial charge in [-0.3, -0.25) is 9.48 Å². The molecule has 9 heteroatoms. The fourth-order valence-electron chi connectivity index (χ4n) is 5.56. The summed E-state index contributed by atoms with van der Waals surface area (Å²) < 4.78 is 43.8. The molecule has 178 valence electrons. The third-order valence-corrected chi connectivity index (χ3v) is 7.45. The highest BCUT2D eigenvalue weighted by atomic mass is 19.4. The summed E-state index contributed by atoms with van der Waals surface area (Å²) in [6.07, 6.45) is -0.498. The number of carbonyl (C=O) groups is 1. The summed E-state index contributed by atoms with van der Waals surface area (Å²) in [5.41, 5.74) is 7.18. The zero-order valence-corrected chi connectivity index (χ0v) is 19.2. The molecule has 1 amide bonds. The number of nitrogen functional groups attached to an aromatic ring is 1. The number of anilines is 1. The van der Waals surface area contributed by atoms with Gasteiger partial charge in [0, 0.05) is 31.0 Å². The van der Waals surface area contributed by atoms with Crippen LogP contribution < -0.4 is 5.73 Å². The van der Waals surface area contributed by atoms with Crippen molar-refractivity contribution in [3.63, 3.8) is 0 Å². The molecule has 2 aromatic heterocycles. The van der Waals surface area contributed by atoms with Crippen molar-refractivity contribution >= 4 is 11.7 Å². The van der Waals surface area contributed by atoms with E-state index in [1.165, 1.54) is 0 Å². The second-order valence-corrected chi connectivity index (χ2v) is 9.43. The van der Waals surface area contributed by atoms with Crippen LogP contribution in [0, 0.1) is 18.8 Å². The van der Waals surface area contributed by atoms with Crippen LogP contribution in [0.3, 0.4) is 0 Å². The summed E-state index contributed by atoms with van der Waals surface area (Å²) in [7, 11) is 1.73. The second-order valence-electron chi connectivity index (χ2n) is 9.43. The fourth-order valence-corrected chi connectivity index (χ4v) is 5.56. The molecule has 34 heavy (non-hydrogen) atoms. The van der Waals surface area contributed by atoms with E-state index in [4.69, 9.17) is 5.73 Å². The number of aromatic nitrogens is 3. The van der Waals surface area contributed by atoms with E-state index < -0.39 is 17.8 Å². The number of hydrogen-bond donors (Lipinski definition) is 1. The first-order valence-electron chi connectivity index (χ1n) is 11.3. The number of nitrogens with zero attached hydrogens (tertiary/aromatic N) is 4. The Morgan fingerprint density at radius 3 is 2.50 bits per heavy atom. The number of carbonyl (C=O) groups excluding carboxylic acids is 1. The molecular weight excluding hydrogens is 443 g/mol. The zero-order chi connectivity index (χ0) is 24.4. The minimum atomic E-state index is -4.61. The Labute approximate surface area is 195 Å². The summed E-state index contributed by atoms with van der Waals surface area (Å²) in [5, 5.41) is 4.44. The van der Waals surface area contributed by atoms with Gasteiger partial charge in [0.25, 0.3) is 5.91 Å². The molecule has 2 aliphatic heterocycles. The van der Waals surface area contributed by atoms with Gasteiger partial charge in [-0.15, -0.1) is 0 Å². The molecule has 2 saturated heterocycles. The number of halogens is 3. The summed E-state index contributed by atoms with van der Waals surface area (Å²) in [6, 6.07) is 8.50. The number of benzene rings is 1. The van der Waals surface area contributed by atoms with E-state index in [1.54, 1.807) is 29.7 Å². The first-order chi connectivity index (χ1) is 16.1. The first kappa shape index (κ1) is 22.4. The number of nitrogens with two attached hydrogens (primary N) is 1. The maximum absolute atomic E-state index is 14.1. The summed E-state index contributed by atoms with van der Waals surface area (Å²) >= 11 is 0. The molecule has 1 saturated carbocycles. The van der Waals surface area contributed by atoms with Crippen molar-refractivity contribution < 1.29 is 18.0 Å². The van der Waals surface area contributed by atoms with Gasteiger partial charge in [0.15, 0.2) is 5.69 Å². The third-order valence-electron chi connectivity index (χ3n) is 7.45. The van der Waals surface area contributed by atoms with Crippen LogP contribution in [0.15, 0.2) is 42.7 Å². The number of pyridine rings is 1. The van der Waals surface area contributed by atoms with Crippen LogP contribution >= 0.6 is 0 Å². The molecule has 3 fully saturated rings. The van der Waals surface area contributed by atoms with Crippen LogP contribution in [0.4, 0.5) is 19.0 Å².